The van der Waals surface area contributed by atoms with Gasteiger partial charge in [-0.25, -0.2) is 0 Å². The summed E-state index contributed by atoms with van der Waals surface area (Å²) in [4.78, 5) is 10.4. The van der Waals surface area contributed by atoms with Crippen molar-refractivity contribution in [1.29, 1.82) is 5.26 Å². The minimum absolute atomic E-state index is 0.194. The minimum atomic E-state index is 0.194. The number of benzene rings is 1. The van der Waals surface area contributed by atoms with E-state index < -0.39 is 0 Å². The van der Waals surface area contributed by atoms with Crippen LogP contribution in [0.4, 0.5) is 0 Å². The molecule has 0 bridgehead atoms. The topological polar surface area (TPSA) is 71.9 Å². The predicted octanol–water partition coefficient (Wildman–Crippen LogP) is 3.53. The van der Waals surface area contributed by atoms with Gasteiger partial charge in [0, 0.05) is 22.7 Å². The highest BCUT2D eigenvalue weighted by Gasteiger charge is 2.17. The molecule has 8 heteroatoms. The van der Waals surface area contributed by atoms with Crippen LogP contribution in [0.2, 0.25) is 5.02 Å². The summed E-state index contributed by atoms with van der Waals surface area (Å²) in [7, 11) is 1.56. The van der Waals surface area contributed by atoms with Crippen molar-refractivity contribution in [3.63, 3.8) is 0 Å². The van der Waals surface area contributed by atoms with Gasteiger partial charge in [-0.2, -0.15) is 15.2 Å². The van der Waals surface area contributed by atoms with E-state index in [0.29, 0.717) is 16.3 Å². The second-order valence-electron chi connectivity index (χ2n) is 5.90. The van der Waals surface area contributed by atoms with Gasteiger partial charge in [0.25, 0.3) is 0 Å². The van der Waals surface area contributed by atoms with Crippen molar-refractivity contribution in [2.24, 2.45) is 9.98 Å². The van der Waals surface area contributed by atoms with E-state index in [0.717, 1.165) is 35.7 Å². The third-order valence-corrected chi connectivity index (χ3v) is 5.19. The van der Waals surface area contributed by atoms with Crippen molar-refractivity contribution in [3.05, 3.63) is 44.7 Å². The molecule has 0 saturated carbocycles. The molecule has 0 N–H and O–H groups in total. The van der Waals surface area contributed by atoms with Gasteiger partial charge in [-0.3, -0.25) is 0 Å². The second kappa shape index (κ2) is 8.49. The first-order chi connectivity index (χ1) is 12.6. The highest BCUT2D eigenvalue weighted by atomic mass is 35.5. The Morgan fingerprint density at radius 1 is 1.54 bits per heavy atom. The van der Waals surface area contributed by atoms with E-state index in [1.807, 2.05) is 19.3 Å². The number of rotatable bonds is 4. The monoisotopic (exact) mass is 390 g/mol. The van der Waals surface area contributed by atoms with Crippen LogP contribution >= 0.6 is 22.9 Å². The van der Waals surface area contributed by atoms with Crippen LogP contribution in [-0.4, -0.2) is 30.2 Å². The van der Waals surface area contributed by atoms with Crippen molar-refractivity contribution in [2.45, 2.75) is 32.4 Å². The van der Waals surface area contributed by atoms with Gasteiger partial charge < -0.3 is 14.0 Å². The summed E-state index contributed by atoms with van der Waals surface area (Å²) < 4.78 is 13.2. The Kier molecular flexibility index (Phi) is 6.09. The van der Waals surface area contributed by atoms with E-state index >= 15 is 0 Å². The van der Waals surface area contributed by atoms with Gasteiger partial charge in [-0.05, 0) is 38.0 Å². The molecule has 1 fully saturated rings. The van der Waals surface area contributed by atoms with Crippen LogP contribution in [0.3, 0.4) is 0 Å². The lowest BCUT2D eigenvalue weighted by molar-refractivity contribution is 0.0964. The number of methoxy groups -OCH3 is 1. The number of nitrogens with zero attached hydrogens (tertiary/aromatic N) is 4. The molecule has 0 unspecified atom stereocenters. The molecule has 1 aromatic carbocycles. The molecule has 1 saturated heterocycles. The summed E-state index contributed by atoms with van der Waals surface area (Å²) >= 11 is 7.66. The Balaban J connectivity index is 2.05. The Hall–Kier alpha value is -2.14. The first-order valence-corrected chi connectivity index (χ1v) is 9.44. The quantitative estimate of drug-likeness (QED) is 0.455. The molecule has 0 spiro atoms. The zero-order chi connectivity index (χ0) is 18.5. The zero-order valence-corrected chi connectivity index (χ0v) is 16.2. The highest BCUT2D eigenvalue weighted by molar-refractivity contribution is 7.09. The van der Waals surface area contributed by atoms with Gasteiger partial charge in [0.15, 0.2) is 10.6 Å². The Morgan fingerprint density at radius 3 is 3.08 bits per heavy atom. The third-order valence-electron chi connectivity index (χ3n) is 4.02. The van der Waals surface area contributed by atoms with E-state index in [9.17, 15) is 0 Å². The molecule has 0 radical (unpaired) electrons. The summed E-state index contributed by atoms with van der Waals surface area (Å²) in [5.41, 5.74) is 0.580. The third kappa shape index (κ3) is 4.33. The van der Waals surface area contributed by atoms with Gasteiger partial charge in [-0.1, -0.05) is 11.6 Å². The molecule has 1 aromatic heterocycles. The fourth-order valence-corrected chi connectivity index (χ4v) is 3.88. The molecular formula is C18H19ClN4O2S. The Bertz CT molecular complexity index is 920. The van der Waals surface area contributed by atoms with Crippen LogP contribution in [0.1, 0.15) is 23.3 Å². The summed E-state index contributed by atoms with van der Waals surface area (Å²) in [5, 5.41) is 9.64. The number of nitriles is 1. The lowest BCUT2D eigenvalue weighted by atomic mass is 10.2. The maximum absolute atomic E-state index is 9.12. The molecular weight excluding hydrogens is 372 g/mol. The largest absolute Gasteiger partial charge is 0.496 e. The standard InChI is InChI=1S/C18H19ClN4O2S/c1-12-9-23(10-14-4-3-7-25-14)18(26-12)22-17(21-11-20)15-8-13(19)5-6-16(15)24-2/h5-6,8-9,14H,3-4,7,10H2,1-2H3/b21-17?,22-18-/t14-/m1/s1. The molecule has 1 aliphatic rings. The number of aliphatic imine (C=N–C) groups is 1. The molecule has 136 valence electrons. The van der Waals surface area contributed by atoms with Crippen LogP contribution in [0, 0.1) is 18.4 Å². The number of aromatic nitrogens is 1. The number of amidine groups is 1. The molecule has 1 atom stereocenters. The normalized spacial score (nSPS) is 18.2. The molecule has 3 rings (SSSR count). The van der Waals surface area contributed by atoms with E-state index in [1.54, 1.807) is 36.6 Å². The number of thiazole rings is 1. The first kappa shape index (κ1) is 18.6. The van der Waals surface area contributed by atoms with Gasteiger partial charge >= 0.3 is 0 Å². The molecule has 6 nitrogen and oxygen atoms in total. The van der Waals surface area contributed by atoms with Gasteiger partial charge in [0.05, 0.1) is 25.3 Å². The number of halogens is 1. The van der Waals surface area contributed by atoms with E-state index in [2.05, 4.69) is 14.6 Å². The van der Waals surface area contributed by atoms with Crippen molar-refractivity contribution in [3.8, 4) is 11.9 Å². The van der Waals surface area contributed by atoms with E-state index in [4.69, 9.17) is 26.3 Å². The molecule has 0 aliphatic carbocycles. The van der Waals surface area contributed by atoms with Crippen molar-refractivity contribution in [1.82, 2.24) is 4.57 Å². The molecule has 0 amide bonds. The van der Waals surface area contributed by atoms with E-state index in [1.165, 1.54) is 0 Å². The second-order valence-corrected chi connectivity index (χ2v) is 7.55. The average Bonchev–Trinajstić information content (AvgIpc) is 3.24. The lowest BCUT2D eigenvalue weighted by Crippen LogP contribution is -2.23. The first-order valence-electron chi connectivity index (χ1n) is 8.24. The van der Waals surface area contributed by atoms with Crippen LogP contribution < -0.4 is 9.54 Å². The van der Waals surface area contributed by atoms with Gasteiger partial charge in [-0.15, -0.1) is 11.3 Å². The van der Waals surface area contributed by atoms with E-state index in [-0.39, 0.29) is 11.9 Å². The number of aryl methyl sites for hydroxylation is 1. The summed E-state index contributed by atoms with van der Waals surface area (Å²) in [5.74, 6) is 0.834. The fourth-order valence-electron chi connectivity index (χ4n) is 2.87. The smallest absolute Gasteiger partial charge is 0.207 e. The average molecular weight is 391 g/mol. The molecule has 1 aliphatic heterocycles. The number of ether oxygens (including phenoxy) is 2. The van der Waals surface area contributed by atoms with Crippen LogP contribution in [0.5, 0.6) is 5.75 Å². The van der Waals surface area contributed by atoms with Crippen molar-refractivity contribution < 1.29 is 9.47 Å². The van der Waals surface area contributed by atoms with Crippen molar-refractivity contribution >= 4 is 28.8 Å². The molecule has 2 heterocycles. The SMILES string of the molecule is COc1ccc(Cl)cc1C(=NC#N)/N=c1\sc(C)cn1C[C@H]1CCCO1. The van der Waals surface area contributed by atoms with Crippen LogP contribution in [0.25, 0.3) is 0 Å². The lowest BCUT2D eigenvalue weighted by Gasteiger charge is -2.10. The van der Waals surface area contributed by atoms with Crippen LogP contribution in [-0.2, 0) is 11.3 Å². The molecule has 2 aromatic rings. The number of hydrogen-bond donors (Lipinski definition) is 0. The summed E-state index contributed by atoms with van der Waals surface area (Å²) in [6.07, 6.45) is 6.19. The van der Waals surface area contributed by atoms with Crippen molar-refractivity contribution in [2.75, 3.05) is 13.7 Å². The number of hydrogen-bond acceptors (Lipinski definition) is 5. The predicted molar refractivity (Wildman–Crippen MR) is 102 cm³/mol. The Labute approximate surface area is 161 Å². The van der Waals surface area contributed by atoms with Gasteiger partial charge in [0.1, 0.15) is 5.75 Å². The minimum Gasteiger partial charge on any atom is -0.496 e. The zero-order valence-electron chi connectivity index (χ0n) is 14.6. The summed E-state index contributed by atoms with van der Waals surface area (Å²) in [6.45, 7) is 3.56. The maximum Gasteiger partial charge on any atom is 0.207 e. The van der Waals surface area contributed by atoms with Crippen LogP contribution in [0.15, 0.2) is 34.4 Å². The van der Waals surface area contributed by atoms with Gasteiger partial charge in [0.2, 0.25) is 6.19 Å². The highest BCUT2D eigenvalue weighted by Crippen LogP contribution is 2.24. The maximum atomic E-state index is 9.12. The molecule has 26 heavy (non-hydrogen) atoms. The summed E-state index contributed by atoms with van der Waals surface area (Å²) in [6, 6.07) is 5.16. The fraction of sp³-hybridized carbons (Fsp3) is 0.389. The Morgan fingerprint density at radius 2 is 2.38 bits per heavy atom.